The van der Waals surface area contributed by atoms with E-state index < -0.39 is 5.97 Å². The number of pyridine rings is 1. The molecule has 100 valence electrons. The second-order valence-electron chi connectivity index (χ2n) is 4.48. The summed E-state index contributed by atoms with van der Waals surface area (Å²) in [5.41, 5.74) is 2.15. The van der Waals surface area contributed by atoms with Gasteiger partial charge in [-0.05, 0) is 41.4 Å². The van der Waals surface area contributed by atoms with Crippen molar-refractivity contribution >= 4 is 32.8 Å². The van der Waals surface area contributed by atoms with Crippen LogP contribution in [0.3, 0.4) is 0 Å². The highest BCUT2D eigenvalue weighted by Crippen LogP contribution is 2.23. The van der Waals surface area contributed by atoms with E-state index in [2.05, 4.69) is 15.9 Å². The van der Waals surface area contributed by atoms with Crippen molar-refractivity contribution in [2.75, 3.05) is 0 Å². The Bertz CT molecular complexity index is 719. The standard InChI is InChI=1S/C14H14BrNO3/c1-8-9(6-7-12(17)18)14(19)10-4-3-5-11(15)13(10)16(8)2/h3-5H,6-7H2,1-2H3,(H,17,18). The van der Waals surface area contributed by atoms with Gasteiger partial charge in [-0.1, -0.05) is 6.07 Å². The summed E-state index contributed by atoms with van der Waals surface area (Å²) in [5.74, 6) is -0.893. The molecule has 0 saturated heterocycles. The third-order valence-electron chi connectivity index (χ3n) is 3.37. The minimum atomic E-state index is -0.893. The van der Waals surface area contributed by atoms with Gasteiger partial charge >= 0.3 is 5.97 Å². The molecule has 0 spiro atoms. The third kappa shape index (κ3) is 2.42. The van der Waals surface area contributed by atoms with Crippen LogP contribution >= 0.6 is 15.9 Å². The van der Waals surface area contributed by atoms with Crippen molar-refractivity contribution in [3.63, 3.8) is 0 Å². The maximum absolute atomic E-state index is 12.4. The van der Waals surface area contributed by atoms with Crippen LogP contribution in [-0.2, 0) is 18.3 Å². The van der Waals surface area contributed by atoms with E-state index in [-0.39, 0.29) is 18.3 Å². The molecule has 19 heavy (non-hydrogen) atoms. The van der Waals surface area contributed by atoms with Gasteiger partial charge in [0.05, 0.1) is 5.52 Å². The van der Waals surface area contributed by atoms with E-state index in [1.807, 2.05) is 30.7 Å². The van der Waals surface area contributed by atoms with E-state index in [4.69, 9.17) is 5.11 Å². The number of aryl methyl sites for hydroxylation is 1. The van der Waals surface area contributed by atoms with Crippen LogP contribution in [0, 0.1) is 6.92 Å². The number of aromatic nitrogens is 1. The van der Waals surface area contributed by atoms with Gasteiger partial charge in [0, 0.05) is 34.6 Å². The molecule has 1 N–H and O–H groups in total. The van der Waals surface area contributed by atoms with Gasteiger partial charge in [-0.3, -0.25) is 9.59 Å². The first-order valence-electron chi connectivity index (χ1n) is 5.92. The first-order valence-corrected chi connectivity index (χ1v) is 6.71. The zero-order valence-corrected chi connectivity index (χ0v) is 12.3. The maximum atomic E-state index is 12.4. The summed E-state index contributed by atoms with van der Waals surface area (Å²) in [6.07, 6.45) is 0.228. The fraction of sp³-hybridized carbons (Fsp3) is 0.286. The molecule has 0 aliphatic rings. The second kappa shape index (κ2) is 5.17. The van der Waals surface area contributed by atoms with Crippen LogP contribution in [0.15, 0.2) is 27.5 Å². The summed E-state index contributed by atoms with van der Waals surface area (Å²) < 4.78 is 2.79. The van der Waals surface area contributed by atoms with Crippen LogP contribution in [-0.4, -0.2) is 15.6 Å². The highest BCUT2D eigenvalue weighted by molar-refractivity contribution is 9.10. The maximum Gasteiger partial charge on any atom is 0.303 e. The van der Waals surface area contributed by atoms with Gasteiger partial charge < -0.3 is 9.67 Å². The number of hydrogen-bond donors (Lipinski definition) is 1. The van der Waals surface area contributed by atoms with E-state index in [1.165, 1.54) is 0 Å². The summed E-state index contributed by atoms with van der Waals surface area (Å²) in [6, 6.07) is 5.47. The number of carboxylic acids is 1. The number of fused-ring (bicyclic) bond motifs is 1. The number of rotatable bonds is 3. The van der Waals surface area contributed by atoms with Crippen LogP contribution < -0.4 is 5.43 Å². The van der Waals surface area contributed by atoms with Crippen molar-refractivity contribution in [2.24, 2.45) is 7.05 Å². The minimum absolute atomic E-state index is 0.0322. The number of para-hydroxylation sites is 1. The van der Waals surface area contributed by atoms with E-state index >= 15 is 0 Å². The summed E-state index contributed by atoms with van der Waals surface area (Å²) in [7, 11) is 1.88. The lowest BCUT2D eigenvalue weighted by molar-refractivity contribution is -0.136. The highest BCUT2D eigenvalue weighted by Gasteiger charge is 2.14. The van der Waals surface area contributed by atoms with Crippen molar-refractivity contribution in [1.29, 1.82) is 0 Å². The van der Waals surface area contributed by atoms with Gasteiger partial charge in [-0.15, -0.1) is 0 Å². The number of benzene rings is 1. The first-order chi connectivity index (χ1) is 8.93. The molecule has 0 aliphatic carbocycles. The van der Waals surface area contributed by atoms with Gasteiger partial charge in [-0.25, -0.2) is 0 Å². The Morgan fingerprint density at radius 3 is 2.74 bits per heavy atom. The Balaban J connectivity index is 2.74. The second-order valence-corrected chi connectivity index (χ2v) is 5.34. The number of aliphatic carboxylic acids is 1. The van der Waals surface area contributed by atoms with Crippen LogP contribution in [0.1, 0.15) is 17.7 Å². The lowest BCUT2D eigenvalue weighted by Gasteiger charge is -2.15. The molecule has 4 nitrogen and oxygen atoms in total. The van der Waals surface area contributed by atoms with Crippen LogP contribution in [0.5, 0.6) is 0 Å². The molecule has 0 unspecified atom stereocenters. The molecule has 0 amide bonds. The predicted molar refractivity (Wildman–Crippen MR) is 77.6 cm³/mol. The quantitative estimate of drug-likeness (QED) is 0.944. The van der Waals surface area contributed by atoms with Gasteiger partial charge in [0.25, 0.3) is 0 Å². The van der Waals surface area contributed by atoms with E-state index in [9.17, 15) is 9.59 Å². The summed E-state index contributed by atoms with van der Waals surface area (Å²) in [5, 5.41) is 9.38. The lowest BCUT2D eigenvalue weighted by Crippen LogP contribution is -2.18. The summed E-state index contributed by atoms with van der Waals surface area (Å²) in [6.45, 7) is 1.84. The van der Waals surface area contributed by atoms with E-state index in [0.29, 0.717) is 10.9 Å². The zero-order valence-electron chi connectivity index (χ0n) is 10.7. The Hall–Kier alpha value is -1.62. The van der Waals surface area contributed by atoms with E-state index in [0.717, 1.165) is 15.7 Å². The van der Waals surface area contributed by atoms with Crippen molar-refractivity contribution < 1.29 is 9.90 Å². The summed E-state index contributed by atoms with van der Waals surface area (Å²) in [4.78, 5) is 23.1. The lowest BCUT2D eigenvalue weighted by atomic mass is 10.0. The Labute approximate surface area is 118 Å². The molecule has 0 radical (unpaired) electrons. The molecule has 0 aliphatic heterocycles. The molecular formula is C14H14BrNO3. The average molecular weight is 324 g/mol. The molecule has 0 saturated carbocycles. The minimum Gasteiger partial charge on any atom is -0.481 e. The van der Waals surface area contributed by atoms with Crippen LogP contribution in [0.2, 0.25) is 0 Å². The predicted octanol–water partition coefficient (Wildman–Crippen LogP) is 2.63. The molecule has 0 atom stereocenters. The molecular weight excluding hydrogens is 310 g/mol. The Morgan fingerprint density at radius 1 is 1.42 bits per heavy atom. The van der Waals surface area contributed by atoms with Crippen molar-refractivity contribution in [1.82, 2.24) is 4.57 Å². The molecule has 2 aromatic rings. The topological polar surface area (TPSA) is 59.3 Å². The number of carbonyl (C=O) groups is 1. The molecule has 0 bridgehead atoms. The monoisotopic (exact) mass is 323 g/mol. The SMILES string of the molecule is Cc1c(CCC(=O)O)c(=O)c2cccc(Br)c2n1C. The molecule has 1 aromatic heterocycles. The van der Waals surface area contributed by atoms with Crippen molar-refractivity contribution in [3.05, 3.63) is 44.2 Å². The first kappa shape index (κ1) is 13.8. The largest absolute Gasteiger partial charge is 0.481 e. The molecule has 1 heterocycles. The Morgan fingerprint density at radius 2 is 2.11 bits per heavy atom. The normalized spacial score (nSPS) is 10.9. The smallest absolute Gasteiger partial charge is 0.303 e. The summed E-state index contributed by atoms with van der Waals surface area (Å²) >= 11 is 3.45. The van der Waals surface area contributed by atoms with Gasteiger partial charge in [-0.2, -0.15) is 0 Å². The fourth-order valence-electron chi connectivity index (χ4n) is 2.26. The fourth-order valence-corrected chi connectivity index (χ4v) is 2.90. The highest BCUT2D eigenvalue weighted by atomic mass is 79.9. The zero-order chi connectivity index (χ0) is 14.2. The van der Waals surface area contributed by atoms with Crippen molar-refractivity contribution in [3.8, 4) is 0 Å². The third-order valence-corrected chi connectivity index (χ3v) is 4.01. The number of hydrogen-bond acceptors (Lipinski definition) is 2. The van der Waals surface area contributed by atoms with Gasteiger partial charge in [0.15, 0.2) is 5.43 Å². The molecule has 2 rings (SSSR count). The van der Waals surface area contributed by atoms with Crippen LogP contribution in [0.25, 0.3) is 10.9 Å². The molecule has 5 heteroatoms. The number of halogens is 1. The van der Waals surface area contributed by atoms with E-state index in [1.54, 1.807) is 6.07 Å². The Kier molecular flexibility index (Phi) is 3.75. The van der Waals surface area contributed by atoms with Crippen molar-refractivity contribution in [2.45, 2.75) is 19.8 Å². The van der Waals surface area contributed by atoms with Crippen LogP contribution in [0.4, 0.5) is 0 Å². The average Bonchev–Trinajstić information content (AvgIpc) is 2.35. The molecule has 0 fully saturated rings. The number of nitrogens with zero attached hydrogens (tertiary/aromatic N) is 1. The number of carboxylic acid groups (broad SMARTS) is 1. The van der Waals surface area contributed by atoms with Gasteiger partial charge in [0.2, 0.25) is 0 Å². The van der Waals surface area contributed by atoms with Gasteiger partial charge in [0.1, 0.15) is 0 Å². The molecule has 1 aromatic carbocycles.